The van der Waals surface area contributed by atoms with Gasteiger partial charge in [0.1, 0.15) is 11.8 Å². The highest BCUT2D eigenvalue weighted by atomic mass is 16.5. The number of carbonyl (C=O) groups is 3. The summed E-state index contributed by atoms with van der Waals surface area (Å²) in [6, 6.07) is 9.44. The van der Waals surface area contributed by atoms with E-state index >= 15 is 0 Å². The lowest BCUT2D eigenvalue weighted by Crippen LogP contribution is -2.31. The fourth-order valence-electron chi connectivity index (χ4n) is 2.77. The number of ether oxygens (including phenoxy) is 1. The fraction of sp³-hybridized carbons (Fsp3) is 0.263. The number of nitrogens with one attached hydrogen (secondary N) is 2. The molecule has 8 nitrogen and oxygen atoms in total. The Morgan fingerprint density at radius 2 is 2.04 bits per heavy atom. The molecule has 1 aliphatic heterocycles. The summed E-state index contributed by atoms with van der Waals surface area (Å²) in [4.78, 5) is 41.7. The van der Waals surface area contributed by atoms with Crippen LogP contribution in [0.2, 0.25) is 0 Å². The Morgan fingerprint density at radius 3 is 2.70 bits per heavy atom. The Labute approximate surface area is 156 Å². The Balaban J connectivity index is 1.53. The van der Waals surface area contributed by atoms with E-state index in [4.69, 9.17) is 4.74 Å². The van der Waals surface area contributed by atoms with E-state index in [-0.39, 0.29) is 31.2 Å². The largest absolute Gasteiger partial charge is 0.497 e. The lowest BCUT2D eigenvalue weighted by atomic mass is 10.1. The van der Waals surface area contributed by atoms with E-state index in [1.54, 1.807) is 49.7 Å². The van der Waals surface area contributed by atoms with Crippen LogP contribution in [0.25, 0.3) is 0 Å². The van der Waals surface area contributed by atoms with Crippen LogP contribution >= 0.6 is 0 Å². The number of hydrogen-bond acceptors (Lipinski definition) is 5. The highest BCUT2D eigenvalue weighted by Crippen LogP contribution is 2.18. The van der Waals surface area contributed by atoms with Crippen LogP contribution in [0.5, 0.6) is 5.75 Å². The van der Waals surface area contributed by atoms with Crippen LogP contribution < -0.4 is 15.4 Å². The summed E-state index contributed by atoms with van der Waals surface area (Å²) >= 11 is 0. The number of pyridine rings is 1. The molecule has 1 aliphatic rings. The van der Waals surface area contributed by atoms with Gasteiger partial charge in [0, 0.05) is 12.6 Å². The van der Waals surface area contributed by atoms with Crippen molar-refractivity contribution in [1.82, 2.24) is 15.2 Å². The fourth-order valence-corrected chi connectivity index (χ4v) is 2.77. The maximum absolute atomic E-state index is 12.5. The van der Waals surface area contributed by atoms with E-state index in [1.807, 2.05) is 0 Å². The second-order valence-corrected chi connectivity index (χ2v) is 6.10. The predicted molar refractivity (Wildman–Crippen MR) is 98.0 cm³/mol. The van der Waals surface area contributed by atoms with Crippen LogP contribution in [-0.4, -0.2) is 40.9 Å². The van der Waals surface area contributed by atoms with Gasteiger partial charge in [-0.2, -0.15) is 0 Å². The number of aromatic nitrogens is 1. The van der Waals surface area contributed by atoms with Gasteiger partial charge < -0.3 is 15.4 Å². The zero-order valence-corrected chi connectivity index (χ0v) is 14.8. The minimum atomic E-state index is -0.699. The summed E-state index contributed by atoms with van der Waals surface area (Å²) in [5.74, 6) is 0.136. The first-order valence-corrected chi connectivity index (χ1v) is 8.51. The van der Waals surface area contributed by atoms with Crippen molar-refractivity contribution in [2.75, 3.05) is 12.4 Å². The number of nitrogens with zero attached hydrogens (tertiary/aromatic N) is 2. The molecule has 1 atom stereocenters. The first-order chi connectivity index (χ1) is 13.1. The third kappa shape index (κ3) is 4.60. The van der Waals surface area contributed by atoms with E-state index in [0.29, 0.717) is 11.4 Å². The van der Waals surface area contributed by atoms with Crippen LogP contribution in [-0.2, 0) is 16.1 Å². The monoisotopic (exact) mass is 368 g/mol. The predicted octanol–water partition coefficient (Wildman–Crippen LogP) is 1.93. The minimum Gasteiger partial charge on any atom is -0.497 e. The first kappa shape index (κ1) is 18.4. The Hall–Kier alpha value is -3.42. The van der Waals surface area contributed by atoms with Crippen molar-refractivity contribution in [1.29, 1.82) is 0 Å². The molecular formula is C19H20N4O4. The molecule has 1 aromatic carbocycles. The molecule has 2 heterocycles. The van der Waals surface area contributed by atoms with E-state index < -0.39 is 12.1 Å². The van der Waals surface area contributed by atoms with Gasteiger partial charge in [-0.05, 0) is 36.2 Å². The van der Waals surface area contributed by atoms with Crippen LogP contribution in [0.3, 0.4) is 0 Å². The second kappa shape index (κ2) is 8.31. The molecule has 2 aromatic rings. The molecule has 3 rings (SSSR count). The molecule has 8 heteroatoms. The van der Waals surface area contributed by atoms with Gasteiger partial charge in [-0.3, -0.25) is 19.5 Å². The Morgan fingerprint density at radius 1 is 1.26 bits per heavy atom. The van der Waals surface area contributed by atoms with Crippen LogP contribution in [0.4, 0.5) is 10.5 Å². The van der Waals surface area contributed by atoms with Gasteiger partial charge >= 0.3 is 6.03 Å². The third-order valence-corrected chi connectivity index (χ3v) is 4.21. The smallest absolute Gasteiger partial charge is 0.325 e. The lowest BCUT2D eigenvalue weighted by molar-refractivity contribution is -0.128. The molecule has 0 saturated carbocycles. The molecule has 140 valence electrons. The molecular weight excluding hydrogens is 348 g/mol. The molecule has 0 radical (unpaired) electrons. The molecule has 1 fully saturated rings. The van der Waals surface area contributed by atoms with Gasteiger partial charge in [0.2, 0.25) is 5.91 Å². The molecule has 2 N–H and O–H groups in total. The van der Waals surface area contributed by atoms with Gasteiger partial charge in [0.15, 0.2) is 0 Å². The van der Waals surface area contributed by atoms with Crippen molar-refractivity contribution in [3.05, 3.63) is 54.4 Å². The Bertz CT molecular complexity index is 823. The summed E-state index contributed by atoms with van der Waals surface area (Å²) < 4.78 is 5.09. The molecule has 27 heavy (non-hydrogen) atoms. The molecule has 0 aliphatic carbocycles. The van der Waals surface area contributed by atoms with Crippen molar-refractivity contribution in [2.24, 2.45) is 0 Å². The number of hydrogen-bond donors (Lipinski definition) is 2. The number of amides is 4. The van der Waals surface area contributed by atoms with Crippen molar-refractivity contribution in [2.45, 2.75) is 25.4 Å². The number of urea groups is 1. The molecule has 0 spiro atoms. The van der Waals surface area contributed by atoms with Gasteiger partial charge in [-0.25, -0.2) is 4.79 Å². The number of anilines is 1. The van der Waals surface area contributed by atoms with E-state index in [2.05, 4.69) is 15.6 Å². The zero-order chi connectivity index (χ0) is 19.2. The van der Waals surface area contributed by atoms with Gasteiger partial charge in [0.25, 0.3) is 5.91 Å². The number of methoxy groups -OCH3 is 1. The highest BCUT2D eigenvalue weighted by molar-refractivity contribution is 6.04. The zero-order valence-electron chi connectivity index (χ0n) is 14.8. The van der Waals surface area contributed by atoms with E-state index in [9.17, 15) is 14.4 Å². The van der Waals surface area contributed by atoms with E-state index in [1.165, 1.54) is 6.20 Å². The topological polar surface area (TPSA) is 101 Å². The molecule has 4 amide bonds. The minimum absolute atomic E-state index is 0.113. The number of carbonyl (C=O) groups excluding carboxylic acids is 3. The Kier molecular flexibility index (Phi) is 5.65. The lowest BCUT2D eigenvalue weighted by Gasteiger charge is -2.13. The van der Waals surface area contributed by atoms with Crippen molar-refractivity contribution < 1.29 is 19.1 Å². The summed E-state index contributed by atoms with van der Waals surface area (Å²) in [6.07, 6.45) is 3.49. The van der Waals surface area contributed by atoms with Crippen molar-refractivity contribution >= 4 is 23.5 Å². The summed E-state index contributed by atoms with van der Waals surface area (Å²) in [6.45, 7) is 0.174. The SMILES string of the molecule is COc1ccc(CN2C(=O)NC(CCC(=O)Nc3cccnc3)C2=O)cc1. The number of benzene rings is 1. The highest BCUT2D eigenvalue weighted by Gasteiger charge is 2.37. The average molecular weight is 368 g/mol. The van der Waals surface area contributed by atoms with E-state index in [0.717, 1.165) is 10.5 Å². The summed E-state index contributed by atoms with van der Waals surface area (Å²) in [7, 11) is 1.57. The van der Waals surface area contributed by atoms with Crippen LogP contribution in [0, 0.1) is 0 Å². The summed E-state index contributed by atoms with van der Waals surface area (Å²) in [5, 5.41) is 5.34. The molecule has 1 unspecified atom stereocenters. The van der Waals surface area contributed by atoms with Crippen LogP contribution in [0.1, 0.15) is 18.4 Å². The maximum Gasteiger partial charge on any atom is 0.325 e. The summed E-state index contributed by atoms with van der Waals surface area (Å²) in [5.41, 5.74) is 1.40. The number of rotatable bonds is 7. The normalized spacial score (nSPS) is 16.2. The third-order valence-electron chi connectivity index (χ3n) is 4.21. The van der Waals surface area contributed by atoms with Gasteiger partial charge in [0.05, 0.1) is 25.5 Å². The molecule has 0 bridgehead atoms. The maximum atomic E-state index is 12.5. The van der Waals surface area contributed by atoms with Crippen LogP contribution in [0.15, 0.2) is 48.8 Å². The average Bonchev–Trinajstić information content (AvgIpc) is 2.95. The molecule has 1 aromatic heterocycles. The number of imide groups is 1. The standard InChI is InChI=1S/C19H20N4O4/c1-27-15-6-4-13(5-7-15)12-23-18(25)16(22-19(23)26)8-9-17(24)21-14-3-2-10-20-11-14/h2-7,10-11,16H,8-9,12H2,1H3,(H,21,24)(H,22,26). The van der Waals surface area contributed by atoms with Crippen molar-refractivity contribution in [3.8, 4) is 5.75 Å². The first-order valence-electron chi connectivity index (χ1n) is 8.51. The van der Waals surface area contributed by atoms with Crippen molar-refractivity contribution in [3.63, 3.8) is 0 Å². The molecule has 1 saturated heterocycles. The quantitative estimate of drug-likeness (QED) is 0.728. The van der Waals surface area contributed by atoms with Gasteiger partial charge in [-0.15, -0.1) is 0 Å². The van der Waals surface area contributed by atoms with Gasteiger partial charge in [-0.1, -0.05) is 12.1 Å². The second-order valence-electron chi connectivity index (χ2n) is 6.10.